The Morgan fingerprint density at radius 2 is 2.33 bits per heavy atom. The lowest BCUT2D eigenvalue weighted by Crippen LogP contribution is -2.41. The second-order valence-electron chi connectivity index (χ2n) is 4.50. The van der Waals surface area contributed by atoms with E-state index in [1.54, 1.807) is 6.92 Å². The van der Waals surface area contributed by atoms with Crippen LogP contribution in [-0.4, -0.2) is 40.9 Å². The van der Waals surface area contributed by atoms with Gasteiger partial charge in [-0.2, -0.15) is 0 Å². The summed E-state index contributed by atoms with van der Waals surface area (Å²) in [7, 11) is 0. The van der Waals surface area contributed by atoms with Crippen molar-refractivity contribution in [3.63, 3.8) is 0 Å². The molecule has 2 heterocycles. The third-order valence-electron chi connectivity index (χ3n) is 3.25. The largest absolute Gasteiger partial charge is 0.394 e. The zero-order chi connectivity index (χ0) is 8.82. The summed E-state index contributed by atoms with van der Waals surface area (Å²) in [5.41, 5.74) is -1.29. The van der Waals surface area contributed by atoms with E-state index in [1.165, 1.54) is 0 Å². The molecule has 0 aromatic heterocycles. The normalized spacial score (nSPS) is 48.2. The Labute approximate surface area is 72.4 Å². The van der Waals surface area contributed by atoms with Crippen molar-refractivity contribution in [1.29, 1.82) is 0 Å². The monoisotopic (exact) mass is 173 g/mol. The first kappa shape index (κ1) is 8.45. The number of rotatable bonds is 1. The smallest absolute Gasteiger partial charge is 0.122 e. The lowest BCUT2D eigenvalue weighted by molar-refractivity contribution is 0.0989. The zero-order valence-electron chi connectivity index (χ0n) is 7.52. The van der Waals surface area contributed by atoms with E-state index in [2.05, 4.69) is 4.90 Å². The van der Waals surface area contributed by atoms with Gasteiger partial charge < -0.3 is 5.11 Å². The first-order valence-electron chi connectivity index (χ1n) is 4.63. The molecule has 0 spiro atoms. The van der Waals surface area contributed by atoms with Crippen LogP contribution in [0.2, 0.25) is 0 Å². The van der Waals surface area contributed by atoms with Gasteiger partial charge in [0, 0.05) is 18.5 Å². The molecular weight excluding hydrogens is 157 g/mol. The molecule has 70 valence electrons. The van der Waals surface area contributed by atoms with Crippen molar-refractivity contribution >= 4 is 0 Å². The number of hydrogen-bond acceptors (Lipinski definition) is 2. The molecule has 2 aliphatic heterocycles. The minimum atomic E-state index is -1.08. The summed E-state index contributed by atoms with van der Waals surface area (Å²) >= 11 is 0. The summed E-state index contributed by atoms with van der Waals surface area (Å²) < 4.78 is 13.6. The molecule has 1 N–H and O–H groups in total. The second-order valence-corrected chi connectivity index (χ2v) is 4.50. The summed E-state index contributed by atoms with van der Waals surface area (Å²) in [6.07, 6.45) is 2.58. The van der Waals surface area contributed by atoms with Gasteiger partial charge in [0.1, 0.15) is 5.67 Å². The molecule has 2 rings (SSSR count). The Kier molecular flexibility index (Phi) is 1.70. The van der Waals surface area contributed by atoms with Gasteiger partial charge in [0.25, 0.3) is 0 Å². The van der Waals surface area contributed by atoms with Gasteiger partial charge in [0.15, 0.2) is 0 Å². The SMILES string of the molecule is C[C@@]1(F)CN2CCCC2(CO)C1. The van der Waals surface area contributed by atoms with Crippen LogP contribution in [0, 0.1) is 0 Å². The number of hydrogen-bond donors (Lipinski definition) is 1. The third-order valence-corrected chi connectivity index (χ3v) is 3.25. The summed E-state index contributed by atoms with van der Waals surface area (Å²) in [6, 6.07) is 0. The van der Waals surface area contributed by atoms with Crippen molar-refractivity contribution in [2.75, 3.05) is 19.7 Å². The third kappa shape index (κ3) is 1.07. The number of nitrogens with zero attached hydrogens (tertiary/aromatic N) is 1. The van der Waals surface area contributed by atoms with E-state index in [1.807, 2.05) is 0 Å². The van der Waals surface area contributed by atoms with E-state index in [-0.39, 0.29) is 12.1 Å². The van der Waals surface area contributed by atoms with Crippen LogP contribution < -0.4 is 0 Å². The Hall–Kier alpha value is -0.150. The van der Waals surface area contributed by atoms with E-state index in [9.17, 15) is 9.50 Å². The second kappa shape index (κ2) is 2.42. The molecule has 0 amide bonds. The molecule has 12 heavy (non-hydrogen) atoms. The van der Waals surface area contributed by atoms with Gasteiger partial charge in [0.2, 0.25) is 0 Å². The highest BCUT2D eigenvalue weighted by atomic mass is 19.1. The highest BCUT2D eigenvalue weighted by Crippen LogP contribution is 2.44. The van der Waals surface area contributed by atoms with Crippen molar-refractivity contribution in [3.8, 4) is 0 Å². The van der Waals surface area contributed by atoms with Gasteiger partial charge in [-0.3, -0.25) is 4.90 Å². The molecule has 2 saturated heterocycles. The van der Waals surface area contributed by atoms with Crippen molar-refractivity contribution in [2.45, 2.75) is 37.4 Å². The number of aliphatic hydroxyl groups excluding tert-OH is 1. The van der Waals surface area contributed by atoms with Crippen molar-refractivity contribution in [2.24, 2.45) is 0 Å². The number of alkyl halides is 1. The lowest BCUT2D eigenvalue weighted by atomic mass is 9.90. The molecule has 0 saturated carbocycles. The Balaban J connectivity index is 2.20. The van der Waals surface area contributed by atoms with E-state index in [0.29, 0.717) is 13.0 Å². The van der Waals surface area contributed by atoms with Crippen LogP contribution in [0.4, 0.5) is 4.39 Å². The fraction of sp³-hybridized carbons (Fsp3) is 1.00. The average Bonchev–Trinajstić information content (AvgIpc) is 2.40. The molecule has 0 aromatic carbocycles. The van der Waals surface area contributed by atoms with Crippen LogP contribution in [0.3, 0.4) is 0 Å². The number of aliphatic hydroxyl groups is 1. The van der Waals surface area contributed by atoms with E-state index < -0.39 is 5.67 Å². The van der Waals surface area contributed by atoms with Crippen LogP contribution in [0.5, 0.6) is 0 Å². The standard InChI is InChI=1S/C9H16FNO/c1-8(10)5-9(7-12)3-2-4-11(9)6-8/h12H,2-7H2,1H3/t8-,9?/m0/s1. The van der Waals surface area contributed by atoms with Crippen LogP contribution in [-0.2, 0) is 0 Å². The van der Waals surface area contributed by atoms with Gasteiger partial charge >= 0.3 is 0 Å². The molecule has 0 aliphatic carbocycles. The average molecular weight is 173 g/mol. The van der Waals surface area contributed by atoms with Crippen molar-refractivity contribution < 1.29 is 9.50 Å². The van der Waals surface area contributed by atoms with E-state index in [0.717, 1.165) is 19.4 Å². The number of fused-ring (bicyclic) bond motifs is 1. The maximum Gasteiger partial charge on any atom is 0.122 e. The molecule has 2 nitrogen and oxygen atoms in total. The molecule has 0 aromatic rings. The molecule has 2 aliphatic rings. The van der Waals surface area contributed by atoms with E-state index >= 15 is 0 Å². The van der Waals surface area contributed by atoms with Gasteiger partial charge in [-0.15, -0.1) is 0 Å². The van der Waals surface area contributed by atoms with Crippen molar-refractivity contribution in [1.82, 2.24) is 4.90 Å². The lowest BCUT2D eigenvalue weighted by Gasteiger charge is -2.28. The van der Waals surface area contributed by atoms with Crippen LogP contribution in [0.25, 0.3) is 0 Å². The Bertz CT molecular complexity index is 195. The maximum atomic E-state index is 13.6. The van der Waals surface area contributed by atoms with Crippen LogP contribution in [0.1, 0.15) is 26.2 Å². The molecule has 2 atom stereocenters. The summed E-state index contributed by atoms with van der Waals surface area (Å²) in [4.78, 5) is 2.12. The Morgan fingerprint density at radius 1 is 1.58 bits per heavy atom. The fourth-order valence-corrected chi connectivity index (χ4v) is 2.82. The molecular formula is C9H16FNO. The molecule has 0 radical (unpaired) electrons. The van der Waals surface area contributed by atoms with Crippen LogP contribution in [0.15, 0.2) is 0 Å². The van der Waals surface area contributed by atoms with Gasteiger partial charge in [-0.25, -0.2) is 4.39 Å². The van der Waals surface area contributed by atoms with Gasteiger partial charge in [-0.05, 0) is 26.3 Å². The highest BCUT2D eigenvalue weighted by Gasteiger charge is 2.53. The minimum Gasteiger partial charge on any atom is -0.394 e. The zero-order valence-corrected chi connectivity index (χ0v) is 7.52. The van der Waals surface area contributed by atoms with Gasteiger partial charge in [-0.1, -0.05) is 0 Å². The fourth-order valence-electron chi connectivity index (χ4n) is 2.82. The maximum absolute atomic E-state index is 13.6. The molecule has 2 fully saturated rings. The van der Waals surface area contributed by atoms with Gasteiger partial charge in [0.05, 0.1) is 6.61 Å². The predicted octanol–water partition coefficient (Wildman–Crippen LogP) is 0.945. The molecule has 1 unspecified atom stereocenters. The summed E-state index contributed by atoms with van der Waals surface area (Å²) in [5.74, 6) is 0. The quantitative estimate of drug-likeness (QED) is 0.638. The predicted molar refractivity (Wildman–Crippen MR) is 44.8 cm³/mol. The minimum absolute atomic E-state index is 0.118. The van der Waals surface area contributed by atoms with Crippen LogP contribution >= 0.6 is 0 Å². The summed E-state index contributed by atoms with van der Waals surface area (Å²) in [5, 5.41) is 9.25. The first-order valence-corrected chi connectivity index (χ1v) is 4.63. The van der Waals surface area contributed by atoms with Crippen molar-refractivity contribution in [3.05, 3.63) is 0 Å². The number of halogens is 1. The topological polar surface area (TPSA) is 23.5 Å². The Morgan fingerprint density at radius 3 is 2.92 bits per heavy atom. The highest BCUT2D eigenvalue weighted by molar-refractivity contribution is 5.07. The summed E-state index contributed by atoms with van der Waals surface area (Å²) in [6.45, 7) is 3.23. The molecule has 0 bridgehead atoms. The van der Waals surface area contributed by atoms with E-state index in [4.69, 9.17) is 0 Å². The first-order chi connectivity index (χ1) is 5.58. The molecule has 3 heteroatoms.